The van der Waals surface area contributed by atoms with Gasteiger partial charge in [-0.3, -0.25) is 4.79 Å². The van der Waals surface area contributed by atoms with Crippen LogP contribution in [0.5, 0.6) is 0 Å². The van der Waals surface area contributed by atoms with E-state index >= 15 is 0 Å². The van der Waals surface area contributed by atoms with Crippen LogP contribution in [-0.4, -0.2) is 31.2 Å². The van der Waals surface area contributed by atoms with Crippen LogP contribution in [0.25, 0.3) is 0 Å². The molecule has 3 nitrogen and oxygen atoms in total. The van der Waals surface area contributed by atoms with Gasteiger partial charge in [0.2, 0.25) is 0 Å². The maximum atomic E-state index is 12.0. The molecule has 0 spiro atoms. The van der Waals surface area contributed by atoms with E-state index in [4.69, 9.17) is 9.47 Å². The van der Waals surface area contributed by atoms with E-state index < -0.39 is 0 Å². The molecule has 1 aliphatic heterocycles. The third-order valence-electron chi connectivity index (χ3n) is 3.69. The van der Waals surface area contributed by atoms with Crippen LogP contribution in [-0.2, 0) is 14.3 Å². The van der Waals surface area contributed by atoms with E-state index in [2.05, 4.69) is 0 Å². The summed E-state index contributed by atoms with van der Waals surface area (Å²) in [5.41, 5.74) is 0. The third-order valence-corrected chi connectivity index (χ3v) is 3.69. The number of carbonyl (C=O) groups is 1. The molecule has 0 amide bonds. The Labute approximate surface area is 104 Å². The van der Waals surface area contributed by atoms with Crippen LogP contribution in [0.3, 0.4) is 0 Å². The Balaban J connectivity index is 1.64. The van der Waals surface area contributed by atoms with Gasteiger partial charge >= 0.3 is 0 Å². The molecule has 0 N–H and O–H groups in total. The van der Waals surface area contributed by atoms with Crippen LogP contribution in [0, 0.1) is 5.92 Å². The van der Waals surface area contributed by atoms with Gasteiger partial charge in [-0.05, 0) is 51.4 Å². The van der Waals surface area contributed by atoms with Crippen LogP contribution >= 0.6 is 0 Å². The average molecular weight is 240 g/mol. The maximum Gasteiger partial charge on any atom is 0.161 e. The first-order valence-corrected chi connectivity index (χ1v) is 7.07. The number of hydrogen-bond acceptors (Lipinski definition) is 3. The number of hydrogen-bond donors (Lipinski definition) is 0. The lowest BCUT2D eigenvalue weighted by molar-refractivity contribution is -0.131. The summed E-state index contributed by atoms with van der Waals surface area (Å²) in [7, 11) is 0. The van der Waals surface area contributed by atoms with Crippen molar-refractivity contribution in [1.29, 1.82) is 0 Å². The molecular formula is C14H24O3. The topological polar surface area (TPSA) is 35.5 Å². The Kier molecular flexibility index (Phi) is 4.99. The first-order chi connectivity index (χ1) is 8.31. The summed E-state index contributed by atoms with van der Waals surface area (Å²) < 4.78 is 11.1. The molecule has 0 aromatic carbocycles. The van der Waals surface area contributed by atoms with E-state index in [-0.39, 0.29) is 6.10 Å². The van der Waals surface area contributed by atoms with Crippen LogP contribution in [0.1, 0.15) is 51.9 Å². The highest BCUT2D eigenvalue weighted by molar-refractivity contribution is 5.83. The van der Waals surface area contributed by atoms with E-state index in [9.17, 15) is 4.79 Å². The standard InChI is InChI=1S/C14H24O3/c1-2-16-14(11-8-9-11)13(15)7-3-5-12-6-4-10-17-12/h11-12,14H,2-10H2,1H3. The molecule has 2 aliphatic rings. The van der Waals surface area contributed by atoms with Crippen LogP contribution in [0.4, 0.5) is 0 Å². The summed E-state index contributed by atoms with van der Waals surface area (Å²) in [6.45, 7) is 3.52. The van der Waals surface area contributed by atoms with Crippen LogP contribution < -0.4 is 0 Å². The summed E-state index contributed by atoms with van der Waals surface area (Å²) in [5, 5.41) is 0. The lowest BCUT2D eigenvalue weighted by Crippen LogP contribution is -2.26. The fourth-order valence-corrected chi connectivity index (χ4v) is 2.59. The molecule has 17 heavy (non-hydrogen) atoms. The Morgan fingerprint density at radius 2 is 2.24 bits per heavy atom. The van der Waals surface area contributed by atoms with Gasteiger partial charge in [0, 0.05) is 19.6 Å². The van der Waals surface area contributed by atoms with Crippen molar-refractivity contribution in [2.45, 2.75) is 64.1 Å². The molecule has 2 atom stereocenters. The minimum Gasteiger partial charge on any atom is -0.378 e. The maximum absolute atomic E-state index is 12.0. The van der Waals surface area contributed by atoms with Gasteiger partial charge < -0.3 is 9.47 Å². The zero-order chi connectivity index (χ0) is 12.1. The van der Waals surface area contributed by atoms with E-state index in [1.54, 1.807) is 0 Å². The largest absolute Gasteiger partial charge is 0.378 e. The van der Waals surface area contributed by atoms with Crippen molar-refractivity contribution in [3.05, 3.63) is 0 Å². The summed E-state index contributed by atoms with van der Waals surface area (Å²) in [5.74, 6) is 0.831. The first-order valence-electron chi connectivity index (χ1n) is 7.07. The fraction of sp³-hybridized carbons (Fsp3) is 0.929. The molecule has 1 heterocycles. The predicted octanol–water partition coefficient (Wildman–Crippen LogP) is 2.72. The zero-order valence-electron chi connectivity index (χ0n) is 10.8. The van der Waals surface area contributed by atoms with Crippen molar-refractivity contribution in [3.63, 3.8) is 0 Å². The molecule has 0 bridgehead atoms. The summed E-state index contributed by atoms with van der Waals surface area (Å²) in [6.07, 6.45) is 7.66. The molecule has 1 saturated heterocycles. The van der Waals surface area contributed by atoms with E-state index in [0.717, 1.165) is 19.4 Å². The molecule has 3 heteroatoms. The molecule has 1 saturated carbocycles. The molecule has 2 fully saturated rings. The monoisotopic (exact) mass is 240 g/mol. The van der Waals surface area contributed by atoms with Crippen molar-refractivity contribution in [1.82, 2.24) is 0 Å². The first kappa shape index (κ1) is 13.0. The highest BCUT2D eigenvalue weighted by Gasteiger charge is 2.36. The second-order valence-electron chi connectivity index (χ2n) is 5.21. The highest BCUT2D eigenvalue weighted by Crippen LogP contribution is 2.35. The minimum absolute atomic E-state index is 0.107. The van der Waals surface area contributed by atoms with Gasteiger partial charge in [-0.15, -0.1) is 0 Å². The third kappa shape index (κ3) is 4.07. The van der Waals surface area contributed by atoms with E-state index in [1.165, 1.54) is 25.7 Å². The van der Waals surface area contributed by atoms with Crippen molar-refractivity contribution >= 4 is 5.78 Å². The van der Waals surface area contributed by atoms with Gasteiger partial charge in [-0.25, -0.2) is 0 Å². The van der Waals surface area contributed by atoms with Gasteiger partial charge in [-0.1, -0.05) is 0 Å². The molecule has 0 radical (unpaired) electrons. The smallest absolute Gasteiger partial charge is 0.161 e. The van der Waals surface area contributed by atoms with Crippen LogP contribution in [0.15, 0.2) is 0 Å². The van der Waals surface area contributed by atoms with Gasteiger partial charge in [0.15, 0.2) is 5.78 Å². The molecule has 98 valence electrons. The number of rotatable bonds is 8. The molecule has 2 unspecified atom stereocenters. The number of Topliss-reactive ketones (excluding diaryl/α,β-unsaturated/α-hetero) is 1. The van der Waals surface area contributed by atoms with Crippen LogP contribution in [0.2, 0.25) is 0 Å². The average Bonchev–Trinajstić information content (AvgIpc) is 3.03. The molecule has 2 rings (SSSR count). The van der Waals surface area contributed by atoms with E-state index in [1.807, 2.05) is 6.92 Å². The van der Waals surface area contributed by atoms with Crippen molar-refractivity contribution in [2.75, 3.05) is 13.2 Å². The summed E-state index contributed by atoms with van der Waals surface area (Å²) in [6, 6.07) is 0. The predicted molar refractivity (Wildman–Crippen MR) is 66.0 cm³/mol. The second-order valence-corrected chi connectivity index (χ2v) is 5.21. The Morgan fingerprint density at radius 1 is 1.41 bits per heavy atom. The van der Waals surface area contributed by atoms with E-state index in [0.29, 0.717) is 30.8 Å². The molecule has 0 aromatic rings. The Morgan fingerprint density at radius 3 is 2.82 bits per heavy atom. The highest BCUT2D eigenvalue weighted by atomic mass is 16.5. The molecule has 0 aromatic heterocycles. The SMILES string of the molecule is CCOC(C(=O)CCCC1CCCO1)C1CC1. The van der Waals surface area contributed by atoms with Crippen molar-refractivity contribution < 1.29 is 14.3 Å². The Hall–Kier alpha value is -0.410. The normalized spacial score (nSPS) is 26.1. The molecular weight excluding hydrogens is 216 g/mol. The van der Waals surface area contributed by atoms with Crippen molar-refractivity contribution in [3.8, 4) is 0 Å². The minimum atomic E-state index is -0.107. The van der Waals surface area contributed by atoms with Gasteiger partial charge in [-0.2, -0.15) is 0 Å². The van der Waals surface area contributed by atoms with Crippen molar-refractivity contribution in [2.24, 2.45) is 5.92 Å². The Bertz CT molecular complexity index is 242. The number of ether oxygens (including phenoxy) is 2. The lowest BCUT2D eigenvalue weighted by Gasteiger charge is -2.15. The quantitative estimate of drug-likeness (QED) is 0.654. The fourth-order valence-electron chi connectivity index (χ4n) is 2.59. The van der Waals surface area contributed by atoms with Gasteiger partial charge in [0.25, 0.3) is 0 Å². The number of carbonyl (C=O) groups excluding carboxylic acids is 1. The summed E-state index contributed by atoms with van der Waals surface area (Å²) >= 11 is 0. The van der Waals surface area contributed by atoms with Gasteiger partial charge in [0.1, 0.15) is 6.10 Å². The lowest BCUT2D eigenvalue weighted by atomic mass is 10.0. The number of ketones is 1. The summed E-state index contributed by atoms with van der Waals surface area (Å²) in [4.78, 5) is 12.0. The molecule has 1 aliphatic carbocycles. The second kappa shape index (κ2) is 6.50. The van der Waals surface area contributed by atoms with Gasteiger partial charge in [0.05, 0.1) is 6.10 Å². The zero-order valence-corrected chi connectivity index (χ0v) is 10.8.